The maximum atomic E-state index is 12.1. The summed E-state index contributed by atoms with van der Waals surface area (Å²) in [7, 11) is 0. The summed E-state index contributed by atoms with van der Waals surface area (Å²) >= 11 is 0. The molecule has 4 heteroatoms. The summed E-state index contributed by atoms with van der Waals surface area (Å²) in [5.41, 5.74) is -0.684. The fraction of sp³-hybridized carbons (Fsp3) is 0.533. The summed E-state index contributed by atoms with van der Waals surface area (Å²) in [4.78, 5) is 13.8. The van der Waals surface area contributed by atoms with Crippen molar-refractivity contribution in [3.05, 3.63) is 30.3 Å². The minimum atomic E-state index is -0.684. The Balaban J connectivity index is 1.85. The van der Waals surface area contributed by atoms with Gasteiger partial charge in [0.15, 0.2) is 6.10 Å². The number of likely N-dealkylation sites (tertiary alicyclic amines) is 1. The van der Waals surface area contributed by atoms with Crippen LogP contribution in [0, 0.1) is 0 Å². The lowest BCUT2D eigenvalue weighted by molar-refractivity contribution is -0.162. The Labute approximate surface area is 114 Å². The first-order chi connectivity index (χ1) is 9.04. The number of hydrogen-bond acceptors (Lipinski definition) is 3. The van der Waals surface area contributed by atoms with Crippen molar-refractivity contribution in [1.82, 2.24) is 4.90 Å². The van der Waals surface area contributed by atoms with Gasteiger partial charge in [-0.25, -0.2) is 0 Å². The lowest BCUT2D eigenvalue weighted by atomic mass is 9.89. The van der Waals surface area contributed by atoms with E-state index < -0.39 is 11.7 Å². The van der Waals surface area contributed by atoms with Crippen LogP contribution in [0.25, 0.3) is 0 Å². The van der Waals surface area contributed by atoms with Crippen LogP contribution in [0.15, 0.2) is 30.3 Å². The molecule has 1 N–H and O–H groups in total. The molecule has 0 bridgehead atoms. The molecule has 0 spiro atoms. The van der Waals surface area contributed by atoms with Crippen LogP contribution >= 0.6 is 0 Å². The van der Waals surface area contributed by atoms with Gasteiger partial charge in [0.1, 0.15) is 5.75 Å². The number of carbonyl (C=O) groups excluding carboxylic acids is 1. The number of nitrogens with zero attached hydrogens (tertiary/aromatic N) is 1. The van der Waals surface area contributed by atoms with E-state index in [9.17, 15) is 9.90 Å². The highest BCUT2D eigenvalue weighted by Crippen LogP contribution is 2.26. The van der Waals surface area contributed by atoms with E-state index in [0.29, 0.717) is 18.8 Å². The van der Waals surface area contributed by atoms with Crippen molar-refractivity contribution in [2.24, 2.45) is 0 Å². The third kappa shape index (κ3) is 3.26. The topological polar surface area (TPSA) is 49.8 Å². The number of β-amino-alcohol motifs (C(OH)–C–C–N with tert-alkyl or cyclic N) is 1. The molecule has 0 saturated carbocycles. The van der Waals surface area contributed by atoms with E-state index in [0.717, 1.165) is 12.8 Å². The minimum absolute atomic E-state index is 0.0652. The molecular formula is C15H21NO3. The Kier molecular flexibility index (Phi) is 4.10. The zero-order valence-electron chi connectivity index (χ0n) is 11.5. The zero-order valence-corrected chi connectivity index (χ0v) is 11.5. The molecule has 1 unspecified atom stereocenters. The lowest BCUT2D eigenvalue weighted by Gasteiger charge is -2.47. The second kappa shape index (κ2) is 5.61. The Morgan fingerprint density at radius 3 is 2.63 bits per heavy atom. The van der Waals surface area contributed by atoms with Crippen LogP contribution in [0.5, 0.6) is 5.75 Å². The third-order valence-electron chi connectivity index (χ3n) is 3.40. The predicted octanol–water partition coefficient (Wildman–Crippen LogP) is 1.83. The zero-order chi connectivity index (χ0) is 13.9. The standard InChI is InChI=1S/C15H21NO3/c1-3-9-15(18)10-16(11-15)14(17)12(2)19-13-7-5-4-6-8-13/h4-8,12,18H,3,9-11H2,1-2H3. The number of amides is 1. The van der Waals surface area contributed by atoms with Gasteiger partial charge in [0.2, 0.25) is 0 Å². The summed E-state index contributed by atoms with van der Waals surface area (Å²) in [6, 6.07) is 9.30. The molecule has 0 aliphatic carbocycles. The Bertz CT molecular complexity index is 426. The van der Waals surface area contributed by atoms with Gasteiger partial charge in [-0.15, -0.1) is 0 Å². The molecule has 19 heavy (non-hydrogen) atoms. The number of para-hydroxylation sites is 1. The average molecular weight is 263 g/mol. The first kappa shape index (κ1) is 13.9. The van der Waals surface area contributed by atoms with Crippen molar-refractivity contribution < 1.29 is 14.6 Å². The van der Waals surface area contributed by atoms with Gasteiger partial charge in [0.25, 0.3) is 5.91 Å². The number of benzene rings is 1. The van der Waals surface area contributed by atoms with E-state index in [-0.39, 0.29) is 5.91 Å². The van der Waals surface area contributed by atoms with Crippen LogP contribution in [-0.2, 0) is 4.79 Å². The molecule has 1 aliphatic heterocycles. The second-order valence-electron chi connectivity index (χ2n) is 5.24. The Hall–Kier alpha value is -1.55. The lowest BCUT2D eigenvalue weighted by Crippen LogP contribution is -2.65. The Morgan fingerprint density at radius 2 is 2.05 bits per heavy atom. The quantitative estimate of drug-likeness (QED) is 0.881. The van der Waals surface area contributed by atoms with Crippen molar-refractivity contribution in [2.75, 3.05) is 13.1 Å². The number of aliphatic hydroxyl groups is 1. The maximum Gasteiger partial charge on any atom is 0.263 e. The molecule has 1 amide bonds. The van der Waals surface area contributed by atoms with E-state index in [4.69, 9.17) is 4.74 Å². The molecule has 1 aromatic rings. The third-order valence-corrected chi connectivity index (χ3v) is 3.40. The molecule has 1 aromatic carbocycles. The normalized spacial score (nSPS) is 18.6. The average Bonchev–Trinajstić information content (AvgIpc) is 2.36. The molecule has 0 radical (unpaired) electrons. The Morgan fingerprint density at radius 1 is 1.42 bits per heavy atom. The largest absolute Gasteiger partial charge is 0.481 e. The van der Waals surface area contributed by atoms with Crippen molar-refractivity contribution in [1.29, 1.82) is 0 Å². The fourth-order valence-electron chi connectivity index (χ4n) is 2.45. The van der Waals surface area contributed by atoms with E-state index in [1.165, 1.54) is 0 Å². The van der Waals surface area contributed by atoms with Gasteiger partial charge in [-0.1, -0.05) is 31.5 Å². The molecule has 1 aliphatic rings. The van der Waals surface area contributed by atoms with Crippen LogP contribution in [0.4, 0.5) is 0 Å². The van der Waals surface area contributed by atoms with Crippen molar-refractivity contribution >= 4 is 5.91 Å². The number of rotatable bonds is 5. The smallest absolute Gasteiger partial charge is 0.263 e. The maximum absolute atomic E-state index is 12.1. The highest BCUT2D eigenvalue weighted by Gasteiger charge is 2.44. The van der Waals surface area contributed by atoms with E-state index in [1.807, 2.05) is 37.3 Å². The van der Waals surface area contributed by atoms with Gasteiger partial charge < -0.3 is 14.7 Å². The molecule has 4 nitrogen and oxygen atoms in total. The van der Waals surface area contributed by atoms with Crippen molar-refractivity contribution in [3.63, 3.8) is 0 Å². The summed E-state index contributed by atoms with van der Waals surface area (Å²) in [6.07, 6.45) is 1.15. The van der Waals surface area contributed by atoms with Crippen LogP contribution in [0.2, 0.25) is 0 Å². The van der Waals surface area contributed by atoms with Crippen LogP contribution < -0.4 is 4.74 Å². The highest BCUT2D eigenvalue weighted by molar-refractivity contribution is 5.82. The summed E-state index contributed by atoms with van der Waals surface area (Å²) in [6.45, 7) is 4.61. The second-order valence-corrected chi connectivity index (χ2v) is 5.24. The minimum Gasteiger partial charge on any atom is -0.481 e. The molecule has 2 rings (SSSR count). The predicted molar refractivity (Wildman–Crippen MR) is 73.0 cm³/mol. The van der Waals surface area contributed by atoms with Crippen molar-refractivity contribution in [2.45, 2.75) is 38.4 Å². The first-order valence-corrected chi connectivity index (χ1v) is 6.77. The van der Waals surface area contributed by atoms with Gasteiger partial charge >= 0.3 is 0 Å². The van der Waals surface area contributed by atoms with Crippen LogP contribution in [0.1, 0.15) is 26.7 Å². The number of hydrogen-bond donors (Lipinski definition) is 1. The summed E-state index contributed by atoms with van der Waals surface area (Å²) in [5.74, 6) is 0.623. The molecule has 1 heterocycles. The van der Waals surface area contributed by atoms with Gasteiger partial charge in [-0.05, 0) is 25.5 Å². The molecular weight excluding hydrogens is 242 g/mol. The first-order valence-electron chi connectivity index (χ1n) is 6.77. The summed E-state index contributed by atoms with van der Waals surface area (Å²) in [5, 5.41) is 10.1. The van der Waals surface area contributed by atoms with Crippen LogP contribution in [0.3, 0.4) is 0 Å². The summed E-state index contributed by atoms with van der Waals surface area (Å²) < 4.78 is 5.59. The monoisotopic (exact) mass is 263 g/mol. The number of carbonyl (C=O) groups is 1. The SMILES string of the molecule is CCCC1(O)CN(C(=O)C(C)Oc2ccccc2)C1. The van der Waals surface area contributed by atoms with Gasteiger partial charge in [0, 0.05) is 0 Å². The van der Waals surface area contributed by atoms with E-state index in [2.05, 4.69) is 0 Å². The van der Waals surface area contributed by atoms with E-state index >= 15 is 0 Å². The molecule has 1 atom stereocenters. The molecule has 104 valence electrons. The molecule has 0 aromatic heterocycles. The van der Waals surface area contributed by atoms with Crippen molar-refractivity contribution in [3.8, 4) is 5.75 Å². The highest BCUT2D eigenvalue weighted by atomic mass is 16.5. The van der Waals surface area contributed by atoms with Gasteiger partial charge in [-0.3, -0.25) is 4.79 Å². The number of ether oxygens (including phenoxy) is 1. The fourth-order valence-corrected chi connectivity index (χ4v) is 2.45. The van der Waals surface area contributed by atoms with Gasteiger partial charge in [0.05, 0.1) is 18.7 Å². The van der Waals surface area contributed by atoms with E-state index in [1.54, 1.807) is 11.8 Å². The molecule has 1 fully saturated rings. The van der Waals surface area contributed by atoms with Crippen LogP contribution in [-0.4, -0.2) is 40.7 Å². The molecule has 1 saturated heterocycles. The van der Waals surface area contributed by atoms with Gasteiger partial charge in [-0.2, -0.15) is 0 Å².